The molecule has 0 N–H and O–H groups in total. The van der Waals surface area contributed by atoms with Gasteiger partial charge in [-0.1, -0.05) is 42.5 Å². The first-order chi connectivity index (χ1) is 17.7. The molecule has 1 unspecified atom stereocenters. The van der Waals surface area contributed by atoms with Crippen molar-refractivity contribution in [2.45, 2.75) is 4.90 Å². The lowest BCUT2D eigenvalue weighted by molar-refractivity contribution is 0.476. The van der Waals surface area contributed by atoms with Gasteiger partial charge in [-0.25, -0.2) is 9.19 Å². The second kappa shape index (κ2) is 8.10. The summed E-state index contributed by atoms with van der Waals surface area (Å²) in [5, 5.41) is 0.863. The maximum Gasteiger partial charge on any atom is 0.144 e. The van der Waals surface area contributed by atoms with Crippen LogP contribution in [0.3, 0.4) is 0 Å². The van der Waals surface area contributed by atoms with Gasteiger partial charge in [-0.3, -0.25) is 4.40 Å². The molecule has 3 aromatic carbocycles. The van der Waals surface area contributed by atoms with Crippen LogP contribution < -0.4 is 9.64 Å². The number of benzene rings is 3. The summed E-state index contributed by atoms with van der Waals surface area (Å²) in [4.78, 5) is 9.75. The molecule has 2 aliphatic rings. The van der Waals surface area contributed by atoms with Gasteiger partial charge in [0, 0.05) is 36.1 Å². The fourth-order valence-electron chi connectivity index (χ4n) is 4.98. The number of imidazole rings is 1. The Morgan fingerprint density at radius 1 is 0.889 bits per heavy atom. The van der Waals surface area contributed by atoms with Crippen molar-refractivity contribution in [3.8, 4) is 22.9 Å². The van der Waals surface area contributed by atoms with Gasteiger partial charge in [-0.2, -0.15) is 0 Å². The van der Waals surface area contributed by atoms with Gasteiger partial charge in [0.2, 0.25) is 0 Å². The Bertz CT molecular complexity index is 1710. The Balaban J connectivity index is 1.21. The number of rotatable bonds is 4. The lowest BCUT2D eigenvalue weighted by Crippen LogP contribution is -2.26. The molecule has 0 fully saturated rings. The minimum absolute atomic E-state index is 0.636. The Morgan fingerprint density at radius 3 is 2.61 bits per heavy atom. The van der Waals surface area contributed by atoms with Crippen molar-refractivity contribution < 1.29 is 8.95 Å². The summed E-state index contributed by atoms with van der Waals surface area (Å²) in [6.45, 7) is 0.636. The fraction of sp³-hybridized carbons (Fsp3) is 0.0690. The highest BCUT2D eigenvalue weighted by molar-refractivity contribution is 7.89. The molecule has 0 saturated carbocycles. The molecule has 0 spiro atoms. The van der Waals surface area contributed by atoms with E-state index in [4.69, 9.17) is 4.74 Å². The summed E-state index contributed by atoms with van der Waals surface area (Å²) in [5.41, 5.74) is 5.06. The first kappa shape index (κ1) is 21.0. The van der Waals surface area contributed by atoms with Gasteiger partial charge in [0.05, 0.1) is 29.0 Å². The van der Waals surface area contributed by atoms with E-state index in [1.807, 2.05) is 104 Å². The van der Waals surface area contributed by atoms with E-state index in [-0.39, 0.29) is 0 Å². The molecule has 176 valence electrons. The SMILES string of the molecule is CN1CN(c2cccc(Oc3cccc(-c4ncc5ccccn45)c3)c2)C2=C1S(=O)c1ccccc12. The maximum atomic E-state index is 13.1. The van der Waals surface area contributed by atoms with Crippen molar-refractivity contribution in [3.05, 3.63) is 114 Å². The summed E-state index contributed by atoms with van der Waals surface area (Å²) in [7, 11) is 0.823. The number of ether oxygens (including phenoxy) is 1. The Hall–Kier alpha value is -4.36. The van der Waals surface area contributed by atoms with E-state index in [9.17, 15) is 4.21 Å². The molecule has 4 heterocycles. The molecule has 0 amide bonds. The molecule has 1 atom stereocenters. The number of fused-ring (bicyclic) bond motifs is 3. The topological polar surface area (TPSA) is 50.1 Å². The monoisotopic (exact) mass is 490 g/mol. The molecular weight excluding hydrogens is 468 g/mol. The first-order valence-corrected chi connectivity index (χ1v) is 12.9. The lowest BCUT2D eigenvalue weighted by Gasteiger charge is -2.24. The van der Waals surface area contributed by atoms with Gasteiger partial charge in [-0.05, 0) is 42.5 Å². The fourth-order valence-corrected chi connectivity index (χ4v) is 6.49. The number of anilines is 1. The highest BCUT2D eigenvalue weighted by Gasteiger charge is 2.39. The highest BCUT2D eigenvalue weighted by Crippen LogP contribution is 2.45. The van der Waals surface area contributed by atoms with E-state index in [1.54, 1.807) is 0 Å². The quantitative estimate of drug-likeness (QED) is 0.312. The smallest absolute Gasteiger partial charge is 0.144 e. The van der Waals surface area contributed by atoms with Crippen LogP contribution in [0.4, 0.5) is 5.69 Å². The van der Waals surface area contributed by atoms with Crippen molar-refractivity contribution >= 4 is 27.7 Å². The predicted octanol–water partition coefficient (Wildman–Crippen LogP) is 5.95. The zero-order valence-corrected chi connectivity index (χ0v) is 20.4. The first-order valence-electron chi connectivity index (χ1n) is 11.7. The van der Waals surface area contributed by atoms with E-state index < -0.39 is 10.8 Å². The van der Waals surface area contributed by atoms with E-state index >= 15 is 0 Å². The normalized spacial score (nSPS) is 16.5. The molecule has 7 rings (SSSR count). The molecule has 6 nitrogen and oxygen atoms in total. The summed E-state index contributed by atoms with van der Waals surface area (Å²) in [6, 6.07) is 30.0. The molecule has 2 aromatic heterocycles. The Labute approximate surface area is 211 Å². The maximum absolute atomic E-state index is 13.1. The van der Waals surface area contributed by atoms with Gasteiger partial charge in [0.1, 0.15) is 33.2 Å². The van der Waals surface area contributed by atoms with E-state index in [0.717, 1.165) is 55.3 Å². The molecule has 5 aromatic rings. The zero-order valence-electron chi connectivity index (χ0n) is 19.5. The summed E-state index contributed by atoms with van der Waals surface area (Å²) < 4.78 is 21.5. The van der Waals surface area contributed by atoms with Gasteiger partial charge in [-0.15, -0.1) is 0 Å². The third kappa shape index (κ3) is 3.24. The van der Waals surface area contributed by atoms with Crippen molar-refractivity contribution in [2.75, 3.05) is 18.6 Å². The second-order valence-corrected chi connectivity index (χ2v) is 10.3. The van der Waals surface area contributed by atoms with Crippen LogP contribution >= 0.6 is 0 Å². The summed E-state index contributed by atoms with van der Waals surface area (Å²) >= 11 is 0. The number of aromatic nitrogens is 2. The molecule has 2 aliphatic heterocycles. The number of pyridine rings is 1. The summed E-state index contributed by atoms with van der Waals surface area (Å²) in [5.74, 6) is 2.35. The molecule has 7 heteroatoms. The van der Waals surface area contributed by atoms with Crippen LogP contribution in [0, 0.1) is 0 Å². The van der Waals surface area contributed by atoms with Crippen LogP contribution in [0.15, 0.2) is 113 Å². The van der Waals surface area contributed by atoms with Crippen molar-refractivity contribution in [3.63, 3.8) is 0 Å². The highest BCUT2D eigenvalue weighted by atomic mass is 32.2. The third-order valence-electron chi connectivity index (χ3n) is 6.59. The van der Waals surface area contributed by atoms with E-state index in [2.05, 4.69) is 25.3 Å². The van der Waals surface area contributed by atoms with Gasteiger partial charge in [0.25, 0.3) is 0 Å². The van der Waals surface area contributed by atoms with Crippen LogP contribution in [-0.4, -0.2) is 32.2 Å². The predicted molar refractivity (Wildman–Crippen MR) is 142 cm³/mol. The van der Waals surface area contributed by atoms with Crippen LogP contribution in [0.2, 0.25) is 0 Å². The van der Waals surface area contributed by atoms with Gasteiger partial charge in [0.15, 0.2) is 0 Å². The standard InChI is InChI=1S/C29H22N4O2S/c1-31-19-33(27-25-13-2-3-14-26(25)36(34)29(27)31)21-10-7-12-24(17-21)35-23-11-6-8-20(16-23)28-30-18-22-9-4-5-15-32(22)28/h2-18H,19H2,1H3. The number of hydrogen-bond acceptors (Lipinski definition) is 5. The Kier molecular flexibility index (Phi) is 4.72. The van der Waals surface area contributed by atoms with Crippen LogP contribution in [-0.2, 0) is 10.8 Å². The van der Waals surface area contributed by atoms with E-state index in [0.29, 0.717) is 6.67 Å². The van der Waals surface area contributed by atoms with Crippen LogP contribution in [0.1, 0.15) is 5.56 Å². The zero-order chi connectivity index (χ0) is 24.2. The number of hydrogen-bond donors (Lipinski definition) is 0. The van der Waals surface area contributed by atoms with Gasteiger partial charge < -0.3 is 14.5 Å². The molecule has 0 saturated heterocycles. The molecular formula is C29H22N4O2S. The average molecular weight is 491 g/mol. The van der Waals surface area contributed by atoms with E-state index in [1.165, 1.54) is 0 Å². The average Bonchev–Trinajstić information content (AvgIpc) is 3.58. The van der Waals surface area contributed by atoms with Crippen molar-refractivity contribution in [1.82, 2.24) is 14.3 Å². The van der Waals surface area contributed by atoms with Crippen LogP contribution in [0.5, 0.6) is 11.5 Å². The lowest BCUT2D eigenvalue weighted by atomic mass is 10.1. The largest absolute Gasteiger partial charge is 0.457 e. The molecule has 0 radical (unpaired) electrons. The van der Waals surface area contributed by atoms with Crippen LogP contribution in [0.25, 0.3) is 22.6 Å². The summed E-state index contributed by atoms with van der Waals surface area (Å²) in [6.07, 6.45) is 3.88. The molecule has 0 bridgehead atoms. The van der Waals surface area contributed by atoms with Crippen molar-refractivity contribution in [1.29, 1.82) is 0 Å². The molecule has 36 heavy (non-hydrogen) atoms. The minimum atomic E-state index is -1.17. The Morgan fingerprint density at radius 2 is 1.69 bits per heavy atom. The molecule has 0 aliphatic carbocycles. The second-order valence-electron chi connectivity index (χ2n) is 8.89. The van der Waals surface area contributed by atoms with Crippen molar-refractivity contribution in [2.24, 2.45) is 0 Å². The van der Waals surface area contributed by atoms with Gasteiger partial charge >= 0.3 is 0 Å². The third-order valence-corrected chi connectivity index (χ3v) is 8.20. The minimum Gasteiger partial charge on any atom is -0.457 e. The number of nitrogens with zero attached hydrogens (tertiary/aromatic N) is 4.